The number of hydrogen-bond donors (Lipinski definition) is 2. The molecular formula is C19H23N3O5. The van der Waals surface area contributed by atoms with E-state index in [1.807, 2.05) is 6.07 Å². The average molecular weight is 373 g/mol. The number of nitriles is 1. The predicted molar refractivity (Wildman–Crippen MR) is 97.7 cm³/mol. The van der Waals surface area contributed by atoms with Crippen molar-refractivity contribution in [3.05, 3.63) is 29.3 Å². The Balaban J connectivity index is 2.03. The van der Waals surface area contributed by atoms with Crippen LogP contribution in [0.5, 0.6) is 11.5 Å². The maximum absolute atomic E-state index is 12.6. The lowest BCUT2D eigenvalue weighted by molar-refractivity contribution is -0.128. The summed E-state index contributed by atoms with van der Waals surface area (Å²) in [5.74, 6) is -1.07. The van der Waals surface area contributed by atoms with Crippen molar-refractivity contribution in [1.82, 2.24) is 9.80 Å². The smallest absolute Gasteiger partial charge is 0.410 e. The molecule has 2 amide bonds. The van der Waals surface area contributed by atoms with E-state index in [2.05, 4.69) is 0 Å². The highest BCUT2D eigenvalue weighted by atomic mass is 16.6. The van der Waals surface area contributed by atoms with E-state index in [-0.39, 0.29) is 30.2 Å². The van der Waals surface area contributed by atoms with E-state index in [4.69, 9.17) is 4.74 Å². The number of phenolic OH excluding ortho intramolecular Hbond substituents is 2. The minimum Gasteiger partial charge on any atom is -0.504 e. The second-order valence-corrected chi connectivity index (χ2v) is 7.18. The Morgan fingerprint density at radius 2 is 1.70 bits per heavy atom. The molecule has 1 aromatic carbocycles. The van der Waals surface area contributed by atoms with Crippen LogP contribution in [-0.4, -0.2) is 63.8 Å². The highest BCUT2D eigenvalue weighted by Crippen LogP contribution is 2.26. The first-order chi connectivity index (χ1) is 12.6. The number of aromatic hydroxyl groups is 2. The number of amides is 2. The van der Waals surface area contributed by atoms with E-state index < -0.39 is 17.6 Å². The molecule has 2 N–H and O–H groups in total. The third-order valence-electron chi connectivity index (χ3n) is 3.88. The van der Waals surface area contributed by atoms with Gasteiger partial charge in [-0.1, -0.05) is 6.07 Å². The maximum Gasteiger partial charge on any atom is 0.410 e. The minimum atomic E-state index is -0.587. The van der Waals surface area contributed by atoms with Crippen molar-refractivity contribution in [2.75, 3.05) is 26.2 Å². The van der Waals surface area contributed by atoms with Gasteiger partial charge < -0.3 is 24.7 Å². The monoisotopic (exact) mass is 373 g/mol. The van der Waals surface area contributed by atoms with Crippen molar-refractivity contribution in [3.8, 4) is 17.6 Å². The molecule has 1 aliphatic heterocycles. The van der Waals surface area contributed by atoms with E-state index in [9.17, 15) is 25.1 Å². The molecule has 1 aromatic rings. The van der Waals surface area contributed by atoms with Crippen LogP contribution < -0.4 is 0 Å². The molecule has 0 aromatic heterocycles. The summed E-state index contributed by atoms with van der Waals surface area (Å²) in [6, 6.07) is 5.90. The van der Waals surface area contributed by atoms with E-state index in [1.165, 1.54) is 34.1 Å². The van der Waals surface area contributed by atoms with Crippen LogP contribution in [0.15, 0.2) is 23.8 Å². The molecule has 0 bridgehead atoms. The van der Waals surface area contributed by atoms with Gasteiger partial charge >= 0.3 is 6.09 Å². The Labute approximate surface area is 157 Å². The second-order valence-electron chi connectivity index (χ2n) is 7.18. The molecule has 0 spiro atoms. The lowest BCUT2D eigenvalue weighted by Crippen LogP contribution is -2.51. The van der Waals surface area contributed by atoms with Crippen molar-refractivity contribution < 1.29 is 24.5 Å². The molecule has 1 saturated heterocycles. The highest BCUT2D eigenvalue weighted by molar-refractivity contribution is 6.01. The zero-order valence-electron chi connectivity index (χ0n) is 15.6. The van der Waals surface area contributed by atoms with Crippen molar-refractivity contribution in [1.29, 1.82) is 5.26 Å². The Kier molecular flexibility index (Phi) is 5.95. The maximum atomic E-state index is 12.6. The number of carbonyl (C=O) groups is 2. The molecule has 144 valence electrons. The summed E-state index contributed by atoms with van der Waals surface area (Å²) >= 11 is 0. The summed E-state index contributed by atoms with van der Waals surface area (Å²) in [6.07, 6.45) is 0.923. The molecule has 2 rings (SSSR count). The lowest BCUT2D eigenvalue weighted by atomic mass is 10.1. The molecule has 1 fully saturated rings. The normalized spacial score (nSPS) is 15.3. The molecule has 0 radical (unpaired) electrons. The van der Waals surface area contributed by atoms with Crippen molar-refractivity contribution in [3.63, 3.8) is 0 Å². The molecule has 0 saturated carbocycles. The summed E-state index contributed by atoms with van der Waals surface area (Å²) in [7, 11) is 0. The topological polar surface area (TPSA) is 114 Å². The summed E-state index contributed by atoms with van der Waals surface area (Å²) in [5, 5.41) is 28.2. The van der Waals surface area contributed by atoms with Crippen LogP contribution in [-0.2, 0) is 9.53 Å². The zero-order valence-corrected chi connectivity index (χ0v) is 15.6. The molecular weight excluding hydrogens is 350 g/mol. The number of rotatable bonds is 2. The number of piperazine rings is 1. The standard InChI is InChI=1S/C19H23N3O5/c1-19(2,3)27-18(26)22-8-6-21(7-9-22)17(25)14(12-20)10-13-4-5-15(23)16(24)11-13/h4-5,10-11,23-24H,6-9H2,1-3H3/b14-10+. The number of ether oxygens (including phenoxy) is 1. The zero-order chi connectivity index (χ0) is 20.2. The van der Waals surface area contributed by atoms with Gasteiger partial charge in [0.1, 0.15) is 17.2 Å². The SMILES string of the molecule is CC(C)(C)OC(=O)N1CCN(C(=O)/C(C#N)=C/c2ccc(O)c(O)c2)CC1. The molecule has 1 aliphatic rings. The molecule has 27 heavy (non-hydrogen) atoms. The number of benzene rings is 1. The molecule has 8 heteroatoms. The average Bonchev–Trinajstić information content (AvgIpc) is 2.60. The number of phenols is 2. The molecule has 0 atom stereocenters. The van der Waals surface area contributed by atoms with Crippen LogP contribution >= 0.6 is 0 Å². The van der Waals surface area contributed by atoms with Crippen LogP contribution in [0.25, 0.3) is 6.08 Å². The van der Waals surface area contributed by atoms with E-state index in [1.54, 1.807) is 20.8 Å². The van der Waals surface area contributed by atoms with Gasteiger partial charge in [0.15, 0.2) is 11.5 Å². The van der Waals surface area contributed by atoms with Gasteiger partial charge in [0.2, 0.25) is 0 Å². The summed E-state index contributed by atoms with van der Waals surface area (Å²) < 4.78 is 5.32. The quantitative estimate of drug-likeness (QED) is 0.466. The fourth-order valence-electron chi connectivity index (χ4n) is 2.53. The fourth-order valence-corrected chi connectivity index (χ4v) is 2.53. The first kappa shape index (κ1) is 20.1. The van der Waals surface area contributed by atoms with Gasteiger partial charge in [-0.3, -0.25) is 4.79 Å². The van der Waals surface area contributed by atoms with Crippen molar-refractivity contribution in [2.24, 2.45) is 0 Å². The van der Waals surface area contributed by atoms with Crippen LogP contribution in [0.3, 0.4) is 0 Å². The molecule has 0 unspecified atom stereocenters. The number of hydrogen-bond acceptors (Lipinski definition) is 6. The van der Waals surface area contributed by atoms with Crippen LogP contribution in [0, 0.1) is 11.3 Å². The Bertz CT molecular complexity index is 797. The van der Waals surface area contributed by atoms with Gasteiger partial charge in [-0.15, -0.1) is 0 Å². The van der Waals surface area contributed by atoms with E-state index in [0.717, 1.165) is 0 Å². The Hall–Kier alpha value is -3.21. The Morgan fingerprint density at radius 3 is 2.22 bits per heavy atom. The van der Waals surface area contributed by atoms with Gasteiger partial charge in [0.25, 0.3) is 5.91 Å². The van der Waals surface area contributed by atoms with Gasteiger partial charge in [-0.2, -0.15) is 5.26 Å². The first-order valence-electron chi connectivity index (χ1n) is 8.51. The predicted octanol–water partition coefficient (Wildman–Crippen LogP) is 2.08. The summed E-state index contributed by atoms with van der Waals surface area (Å²) in [4.78, 5) is 27.7. The van der Waals surface area contributed by atoms with E-state index >= 15 is 0 Å². The third kappa shape index (κ3) is 5.38. The molecule has 8 nitrogen and oxygen atoms in total. The summed E-state index contributed by atoms with van der Waals surface area (Å²) in [5.41, 5.74) is -0.260. The minimum absolute atomic E-state index is 0.0918. The first-order valence-corrected chi connectivity index (χ1v) is 8.51. The lowest BCUT2D eigenvalue weighted by Gasteiger charge is -2.35. The van der Waals surface area contributed by atoms with Crippen molar-refractivity contribution in [2.45, 2.75) is 26.4 Å². The largest absolute Gasteiger partial charge is 0.504 e. The molecule has 1 heterocycles. The Morgan fingerprint density at radius 1 is 1.11 bits per heavy atom. The third-order valence-corrected chi connectivity index (χ3v) is 3.88. The van der Waals surface area contributed by atoms with Crippen LogP contribution in [0.4, 0.5) is 4.79 Å². The number of carbonyl (C=O) groups excluding carboxylic acids is 2. The van der Waals surface area contributed by atoms with Crippen LogP contribution in [0.2, 0.25) is 0 Å². The summed E-state index contributed by atoms with van der Waals surface area (Å²) in [6.45, 7) is 6.58. The van der Waals surface area contributed by atoms with Crippen molar-refractivity contribution >= 4 is 18.1 Å². The van der Waals surface area contributed by atoms with Gasteiger partial charge in [-0.05, 0) is 44.5 Å². The van der Waals surface area contributed by atoms with Crippen LogP contribution in [0.1, 0.15) is 26.3 Å². The number of nitrogens with zero attached hydrogens (tertiary/aromatic N) is 3. The van der Waals surface area contributed by atoms with Gasteiger partial charge in [0, 0.05) is 26.2 Å². The molecule has 0 aliphatic carbocycles. The second kappa shape index (κ2) is 7.99. The van der Waals surface area contributed by atoms with Gasteiger partial charge in [0.05, 0.1) is 0 Å². The van der Waals surface area contributed by atoms with E-state index in [0.29, 0.717) is 18.7 Å². The van der Waals surface area contributed by atoms with Gasteiger partial charge in [-0.25, -0.2) is 4.79 Å². The highest BCUT2D eigenvalue weighted by Gasteiger charge is 2.28. The fraction of sp³-hybridized carbons (Fsp3) is 0.421.